The smallest absolute Gasteiger partial charge is 1.00 e. The Hall–Kier alpha value is 0.0400. The number of carbonyl (C=O) groups excluding carboxylic acids is 1. The van der Waals surface area contributed by atoms with E-state index in [4.69, 9.17) is 10.2 Å². The molecule has 0 rings (SSSR count). The summed E-state index contributed by atoms with van der Waals surface area (Å²) in [4.78, 5) is 11.5. The molecule has 0 bridgehead atoms. The fourth-order valence-corrected chi connectivity index (χ4v) is 3.06. The van der Waals surface area contributed by atoms with Crippen molar-refractivity contribution in [3.63, 3.8) is 0 Å². The Labute approximate surface area is 194 Å². The summed E-state index contributed by atoms with van der Waals surface area (Å²) in [6.45, 7) is 0.916. The van der Waals surface area contributed by atoms with Gasteiger partial charge in [-0.05, 0) is 32.1 Å². The van der Waals surface area contributed by atoms with Crippen LogP contribution in [0.1, 0.15) is 85.4 Å². The van der Waals surface area contributed by atoms with E-state index in [1.165, 1.54) is 25.7 Å². The Morgan fingerprint density at radius 1 is 1.00 bits per heavy atom. The van der Waals surface area contributed by atoms with Crippen molar-refractivity contribution in [2.45, 2.75) is 90.1 Å². The van der Waals surface area contributed by atoms with Gasteiger partial charge in [0.1, 0.15) is 6.10 Å². The van der Waals surface area contributed by atoms with Gasteiger partial charge in [0.05, 0.1) is 13.2 Å². The minimum absolute atomic E-state index is 0. The first kappa shape index (κ1) is 30.2. The van der Waals surface area contributed by atoms with Gasteiger partial charge < -0.3 is 15.8 Å². The summed E-state index contributed by atoms with van der Waals surface area (Å²) >= 11 is 0. The quantitative estimate of drug-likeness (QED) is 0.185. The predicted molar refractivity (Wildman–Crippen MR) is 105 cm³/mol. The van der Waals surface area contributed by atoms with E-state index >= 15 is 0 Å². The Bertz CT molecular complexity index is 501. The first-order chi connectivity index (χ1) is 12.9. The molecule has 0 saturated heterocycles. The normalized spacial score (nSPS) is 12.7. The van der Waals surface area contributed by atoms with Crippen LogP contribution >= 0.6 is 0 Å². The SMILES string of the molecule is CCCCCC/C=C\CCCCCCCC(=O)OS(=O)(=O)OCC(O)CO.[H-].[Na+]. The van der Waals surface area contributed by atoms with Crippen LogP contribution in [0.25, 0.3) is 0 Å². The van der Waals surface area contributed by atoms with Crippen LogP contribution in [0, 0.1) is 0 Å². The molecule has 0 aliphatic carbocycles. The first-order valence-electron chi connectivity index (χ1n) is 9.97. The van der Waals surface area contributed by atoms with Crippen molar-refractivity contribution >= 4 is 16.4 Å². The molecule has 0 radical (unpaired) electrons. The fraction of sp³-hybridized carbons (Fsp3) is 0.842. The molecule has 1 unspecified atom stereocenters. The Morgan fingerprint density at radius 3 is 2.11 bits per heavy atom. The molecule has 0 fully saturated rings. The number of rotatable bonds is 18. The molecule has 28 heavy (non-hydrogen) atoms. The van der Waals surface area contributed by atoms with Gasteiger partial charge in [-0.15, -0.1) is 0 Å². The molecule has 0 aliphatic rings. The number of aliphatic hydroxyl groups excluding tert-OH is 2. The Balaban J connectivity index is -0.00000338. The summed E-state index contributed by atoms with van der Waals surface area (Å²) in [6.07, 6.45) is 15.1. The summed E-state index contributed by atoms with van der Waals surface area (Å²) < 4.78 is 31.2. The van der Waals surface area contributed by atoms with Crippen LogP contribution < -0.4 is 29.6 Å². The van der Waals surface area contributed by atoms with E-state index in [-0.39, 0.29) is 37.4 Å². The summed E-state index contributed by atoms with van der Waals surface area (Å²) in [5, 5.41) is 17.6. The Kier molecular flexibility index (Phi) is 21.9. The average molecular weight is 433 g/mol. The van der Waals surface area contributed by atoms with Crippen molar-refractivity contribution in [2.24, 2.45) is 0 Å². The molecule has 0 saturated carbocycles. The van der Waals surface area contributed by atoms with Gasteiger partial charge in [0.15, 0.2) is 0 Å². The third-order valence-corrected chi connectivity index (χ3v) is 4.77. The molecule has 2 N–H and O–H groups in total. The summed E-state index contributed by atoms with van der Waals surface area (Å²) in [5.41, 5.74) is 0. The average Bonchev–Trinajstić information content (AvgIpc) is 2.63. The second-order valence-electron chi connectivity index (χ2n) is 6.61. The van der Waals surface area contributed by atoms with Crippen LogP contribution in [-0.2, 0) is 23.6 Å². The van der Waals surface area contributed by atoms with Gasteiger partial charge >= 0.3 is 45.9 Å². The van der Waals surface area contributed by atoms with Crippen molar-refractivity contribution in [3.8, 4) is 0 Å². The molecule has 9 heteroatoms. The molecule has 0 amide bonds. The van der Waals surface area contributed by atoms with Crippen molar-refractivity contribution in [3.05, 3.63) is 12.2 Å². The van der Waals surface area contributed by atoms with Crippen molar-refractivity contribution in [2.75, 3.05) is 13.2 Å². The monoisotopic (exact) mass is 432 g/mol. The molecule has 0 aromatic heterocycles. The van der Waals surface area contributed by atoms with Crippen molar-refractivity contribution in [1.82, 2.24) is 0 Å². The van der Waals surface area contributed by atoms with Crippen LogP contribution in [0.3, 0.4) is 0 Å². The topological polar surface area (TPSA) is 110 Å². The summed E-state index contributed by atoms with van der Waals surface area (Å²) in [6, 6.07) is 0. The molecule has 0 aromatic carbocycles. The predicted octanol–water partition coefficient (Wildman–Crippen LogP) is 0.518. The second kappa shape index (κ2) is 20.3. The van der Waals surface area contributed by atoms with Crippen molar-refractivity contribution in [1.29, 1.82) is 0 Å². The Morgan fingerprint density at radius 2 is 1.54 bits per heavy atom. The maximum atomic E-state index is 11.5. The summed E-state index contributed by atoms with van der Waals surface area (Å²) in [7, 11) is -4.48. The molecule has 0 heterocycles. The molecular formula is C19H37NaO7S. The van der Waals surface area contributed by atoms with E-state index in [1.54, 1.807) is 0 Å². The molecular weight excluding hydrogens is 395 g/mol. The van der Waals surface area contributed by atoms with Crippen LogP contribution in [0.2, 0.25) is 0 Å². The zero-order valence-electron chi connectivity index (χ0n) is 18.5. The molecule has 0 aromatic rings. The van der Waals surface area contributed by atoms with E-state index in [1.807, 2.05) is 0 Å². The number of allylic oxidation sites excluding steroid dienone is 2. The molecule has 0 aliphatic heterocycles. The van der Waals surface area contributed by atoms with Gasteiger partial charge in [0.2, 0.25) is 0 Å². The molecule has 1 atom stereocenters. The minimum Gasteiger partial charge on any atom is -1.00 e. The number of aliphatic hydroxyl groups is 2. The largest absolute Gasteiger partial charge is 1.00 e. The molecule has 162 valence electrons. The maximum absolute atomic E-state index is 11.5. The minimum atomic E-state index is -4.48. The third kappa shape index (κ3) is 20.8. The standard InChI is InChI=1S/C19H36O7S.Na.H/c1-2-3-4-5-6-7-8-9-10-11-12-13-14-15-19(22)26-27(23,24)25-17-18(21)16-20;;/h7-8,18,20-21H,2-6,9-17H2,1H3;;/q;+1;-1/b8-7-;;. The van der Waals surface area contributed by atoms with Crippen LogP contribution in [0.4, 0.5) is 0 Å². The van der Waals surface area contributed by atoms with Gasteiger partial charge in [-0.25, -0.2) is 4.18 Å². The molecule has 7 nitrogen and oxygen atoms in total. The number of carbonyl (C=O) groups is 1. The van der Waals surface area contributed by atoms with E-state index in [2.05, 4.69) is 27.4 Å². The van der Waals surface area contributed by atoms with Crippen LogP contribution in [0.15, 0.2) is 12.2 Å². The fourth-order valence-electron chi connectivity index (χ4n) is 2.38. The zero-order chi connectivity index (χ0) is 20.4. The van der Waals surface area contributed by atoms with E-state index in [0.29, 0.717) is 6.42 Å². The van der Waals surface area contributed by atoms with Gasteiger partial charge in [0, 0.05) is 6.42 Å². The van der Waals surface area contributed by atoms with E-state index in [9.17, 15) is 13.2 Å². The van der Waals surface area contributed by atoms with E-state index in [0.717, 1.165) is 38.5 Å². The maximum Gasteiger partial charge on any atom is 1.00 e. The molecule has 0 spiro atoms. The van der Waals surface area contributed by atoms with Crippen molar-refractivity contribution < 1.29 is 62.8 Å². The van der Waals surface area contributed by atoms with E-state index < -0.39 is 35.7 Å². The number of unbranched alkanes of at least 4 members (excludes halogenated alkanes) is 9. The first-order valence-corrected chi connectivity index (χ1v) is 11.3. The van der Waals surface area contributed by atoms with Gasteiger partial charge in [-0.3, -0.25) is 4.79 Å². The second-order valence-corrected chi connectivity index (χ2v) is 7.83. The number of hydrogen-bond acceptors (Lipinski definition) is 7. The third-order valence-electron chi connectivity index (χ3n) is 3.95. The zero-order valence-corrected chi connectivity index (χ0v) is 20.3. The van der Waals surface area contributed by atoms with Gasteiger partial charge in [0.25, 0.3) is 0 Å². The van der Waals surface area contributed by atoms with Gasteiger partial charge in [-0.2, -0.15) is 8.42 Å². The van der Waals surface area contributed by atoms with Crippen LogP contribution in [0.5, 0.6) is 0 Å². The van der Waals surface area contributed by atoms with Crippen LogP contribution in [-0.4, -0.2) is 43.9 Å². The van der Waals surface area contributed by atoms with Gasteiger partial charge in [-0.1, -0.05) is 57.6 Å². The summed E-state index contributed by atoms with van der Waals surface area (Å²) in [5.74, 6) is -0.875. The number of hydrogen-bond donors (Lipinski definition) is 2.